The van der Waals surface area contributed by atoms with Crippen LogP contribution in [0, 0.1) is 10.1 Å². The van der Waals surface area contributed by atoms with Gasteiger partial charge in [0.2, 0.25) is 0 Å². The van der Waals surface area contributed by atoms with Gasteiger partial charge in [-0.05, 0) is 11.6 Å². The monoisotopic (exact) mass is 312 g/mol. The molecule has 0 saturated carbocycles. The van der Waals surface area contributed by atoms with Gasteiger partial charge in [0.15, 0.2) is 0 Å². The minimum atomic E-state index is -0.525. The topological polar surface area (TPSA) is 72.7 Å². The molecule has 0 radical (unpaired) electrons. The number of ether oxygens (including phenoxy) is 1. The number of morpholine rings is 1. The smallest absolute Gasteiger partial charge is 0.282 e. The Balaban J connectivity index is 1.82. The molecule has 0 spiro atoms. The van der Waals surface area contributed by atoms with Gasteiger partial charge in [-0.2, -0.15) is 0 Å². The summed E-state index contributed by atoms with van der Waals surface area (Å²) in [6.45, 7) is 1.22. The molecule has 1 aliphatic heterocycles. The van der Waals surface area contributed by atoms with Crippen LogP contribution in [0.5, 0.6) is 0 Å². The van der Waals surface area contributed by atoms with Gasteiger partial charge in [0.25, 0.3) is 11.6 Å². The van der Waals surface area contributed by atoms with Crippen molar-refractivity contribution in [3.63, 3.8) is 0 Å². The highest BCUT2D eigenvalue weighted by molar-refractivity contribution is 5.98. The minimum absolute atomic E-state index is 0.117. The van der Waals surface area contributed by atoms with Crippen LogP contribution < -0.4 is 0 Å². The summed E-state index contributed by atoms with van der Waals surface area (Å²) in [6.07, 6.45) is -0.211. The highest BCUT2D eigenvalue weighted by Gasteiger charge is 2.29. The molecule has 6 nitrogen and oxygen atoms in total. The third kappa shape index (κ3) is 3.22. The second-order valence-corrected chi connectivity index (χ2v) is 5.30. The Morgan fingerprint density at radius 1 is 1.13 bits per heavy atom. The van der Waals surface area contributed by atoms with E-state index in [2.05, 4.69) is 0 Å². The average Bonchev–Trinajstić information content (AvgIpc) is 2.62. The number of nitrogens with zero attached hydrogens (tertiary/aromatic N) is 2. The number of carbonyl (C=O) groups is 1. The van der Waals surface area contributed by atoms with E-state index < -0.39 is 4.92 Å². The standard InChI is InChI=1S/C17H16N2O4/c20-17(14-8-4-5-9-15(14)19(21)22)18-10-11-23-16(12-18)13-6-2-1-3-7-13/h1-9,16H,10-12H2/t16-/m0/s1. The van der Waals surface area contributed by atoms with Gasteiger partial charge in [0.05, 0.1) is 18.1 Å². The van der Waals surface area contributed by atoms with Gasteiger partial charge < -0.3 is 9.64 Å². The first-order valence-electron chi connectivity index (χ1n) is 7.36. The Hall–Kier alpha value is -2.73. The second-order valence-electron chi connectivity index (χ2n) is 5.30. The molecule has 0 aromatic heterocycles. The Bertz CT molecular complexity index is 718. The number of benzene rings is 2. The SMILES string of the molecule is O=C(c1ccccc1[N+](=O)[O-])N1CCO[C@H](c2ccccc2)C1. The van der Waals surface area contributed by atoms with Gasteiger partial charge in [-0.3, -0.25) is 14.9 Å². The molecule has 1 atom stereocenters. The maximum absolute atomic E-state index is 12.7. The molecule has 118 valence electrons. The average molecular weight is 312 g/mol. The van der Waals surface area contributed by atoms with Crippen molar-refractivity contribution in [2.45, 2.75) is 6.10 Å². The molecular formula is C17H16N2O4. The summed E-state index contributed by atoms with van der Waals surface area (Å²) < 4.78 is 5.73. The van der Waals surface area contributed by atoms with E-state index in [0.717, 1.165) is 5.56 Å². The van der Waals surface area contributed by atoms with Crippen LogP contribution in [-0.4, -0.2) is 35.4 Å². The quantitative estimate of drug-likeness (QED) is 0.645. The van der Waals surface area contributed by atoms with Crippen LogP contribution in [0.3, 0.4) is 0 Å². The number of carbonyl (C=O) groups excluding carboxylic acids is 1. The fraction of sp³-hybridized carbons (Fsp3) is 0.235. The summed E-state index contributed by atoms with van der Waals surface area (Å²) >= 11 is 0. The van der Waals surface area contributed by atoms with Crippen LogP contribution in [0.1, 0.15) is 22.0 Å². The lowest BCUT2D eigenvalue weighted by Gasteiger charge is -2.33. The number of hydrogen-bond donors (Lipinski definition) is 0. The summed E-state index contributed by atoms with van der Waals surface area (Å²) in [6, 6.07) is 15.7. The molecule has 0 unspecified atom stereocenters. The molecule has 23 heavy (non-hydrogen) atoms. The summed E-state index contributed by atoms with van der Waals surface area (Å²) in [5.41, 5.74) is 0.944. The molecule has 1 fully saturated rings. The number of amides is 1. The van der Waals surface area contributed by atoms with Gasteiger partial charge in [0.1, 0.15) is 11.7 Å². The number of nitro groups is 1. The van der Waals surface area contributed by atoms with E-state index in [9.17, 15) is 14.9 Å². The number of rotatable bonds is 3. The first-order chi connectivity index (χ1) is 11.2. The van der Waals surface area contributed by atoms with Crippen molar-refractivity contribution in [2.24, 2.45) is 0 Å². The van der Waals surface area contributed by atoms with Gasteiger partial charge in [-0.25, -0.2) is 0 Å². The van der Waals surface area contributed by atoms with Gasteiger partial charge in [0, 0.05) is 12.6 Å². The van der Waals surface area contributed by atoms with Crippen molar-refractivity contribution in [1.82, 2.24) is 4.90 Å². The van der Waals surface area contributed by atoms with E-state index in [1.807, 2.05) is 30.3 Å². The highest BCUT2D eigenvalue weighted by atomic mass is 16.6. The van der Waals surface area contributed by atoms with E-state index in [4.69, 9.17) is 4.74 Å². The Morgan fingerprint density at radius 2 is 1.83 bits per heavy atom. The third-order valence-corrected chi connectivity index (χ3v) is 3.86. The fourth-order valence-electron chi connectivity index (χ4n) is 2.69. The van der Waals surface area contributed by atoms with Gasteiger partial charge in [-0.15, -0.1) is 0 Å². The van der Waals surface area contributed by atoms with E-state index in [0.29, 0.717) is 19.7 Å². The normalized spacial score (nSPS) is 17.7. The Kier molecular flexibility index (Phi) is 4.34. The Labute approximate surface area is 133 Å². The summed E-state index contributed by atoms with van der Waals surface area (Å²) in [7, 11) is 0. The molecule has 1 saturated heterocycles. The first-order valence-corrected chi connectivity index (χ1v) is 7.36. The predicted molar refractivity (Wildman–Crippen MR) is 84.1 cm³/mol. The number of para-hydroxylation sites is 1. The Morgan fingerprint density at radius 3 is 2.57 bits per heavy atom. The molecule has 6 heteroatoms. The number of hydrogen-bond acceptors (Lipinski definition) is 4. The molecule has 0 aliphatic carbocycles. The van der Waals surface area contributed by atoms with Crippen molar-refractivity contribution in [3.8, 4) is 0 Å². The highest BCUT2D eigenvalue weighted by Crippen LogP contribution is 2.25. The zero-order chi connectivity index (χ0) is 16.2. The van der Waals surface area contributed by atoms with Crippen LogP contribution >= 0.6 is 0 Å². The molecule has 0 bridgehead atoms. The first kappa shape index (κ1) is 15.2. The van der Waals surface area contributed by atoms with Crippen molar-refractivity contribution in [3.05, 3.63) is 75.8 Å². The predicted octanol–water partition coefficient (Wildman–Crippen LogP) is 2.81. The van der Waals surface area contributed by atoms with E-state index in [1.165, 1.54) is 12.1 Å². The molecule has 1 amide bonds. The fourth-order valence-corrected chi connectivity index (χ4v) is 2.69. The van der Waals surface area contributed by atoms with Crippen molar-refractivity contribution in [2.75, 3.05) is 19.7 Å². The lowest BCUT2D eigenvalue weighted by molar-refractivity contribution is -0.385. The van der Waals surface area contributed by atoms with Crippen LogP contribution in [-0.2, 0) is 4.74 Å². The number of nitro benzene ring substituents is 1. The maximum atomic E-state index is 12.7. The zero-order valence-corrected chi connectivity index (χ0v) is 12.4. The zero-order valence-electron chi connectivity index (χ0n) is 12.4. The van der Waals surface area contributed by atoms with Crippen molar-refractivity contribution >= 4 is 11.6 Å². The van der Waals surface area contributed by atoms with Gasteiger partial charge >= 0.3 is 0 Å². The summed E-state index contributed by atoms with van der Waals surface area (Å²) in [5, 5.41) is 11.1. The van der Waals surface area contributed by atoms with Crippen molar-refractivity contribution in [1.29, 1.82) is 0 Å². The van der Waals surface area contributed by atoms with Crippen molar-refractivity contribution < 1.29 is 14.5 Å². The van der Waals surface area contributed by atoms with E-state index in [1.54, 1.807) is 17.0 Å². The van der Waals surface area contributed by atoms with Crippen LogP contribution in [0.2, 0.25) is 0 Å². The molecule has 1 heterocycles. The molecule has 2 aromatic carbocycles. The van der Waals surface area contributed by atoms with Crippen LogP contribution in [0.25, 0.3) is 0 Å². The van der Waals surface area contributed by atoms with Crippen LogP contribution in [0.15, 0.2) is 54.6 Å². The van der Waals surface area contributed by atoms with Crippen LogP contribution in [0.4, 0.5) is 5.69 Å². The second kappa shape index (κ2) is 6.58. The summed E-state index contributed by atoms with van der Waals surface area (Å²) in [4.78, 5) is 24.9. The molecule has 3 rings (SSSR count). The largest absolute Gasteiger partial charge is 0.370 e. The van der Waals surface area contributed by atoms with E-state index in [-0.39, 0.29) is 23.3 Å². The molecule has 2 aromatic rings. The molecule has 1 aliphatic rings. The van der Waals surface area contributed by atoms with E-state index >= 15 is 0 Å². The summed E-state index contributed by atoms with van der Waals surface area (Å²) in [5.74, 6) is -0.332. The van der Waals surface area contributed by atoms with Gasteiger partial charge in [-0.1, -0.05) is 42.5 Å². The minimum Gasteiger partial charge on any atom is -0.370 e. The maximum Gasteiger partial charge on any atom is 0.282 e. The molecular weight excluding hydrogens is 296 g/mol. The molecule has 0 N–H and O–H groups in total. The lowest BCUT2D eigenvalue weighted by Crippen LogP contribution is -2.42. The lowest BCUT2D eigenvalue weighted by atomic mass is 10.1. The third-order valence-electron chi connectivity index (χ3n) is 3.86.